The normalized spacial score (nSPS) is 11.4. The summed E-state index contributed by atoms with van der Waals surface area (Å²) in [4.78, 5) is 0. The molecule has 0 aromatic heterocycles. The van der Waals surface area contributed by atoms with Gasteiger partial charge in [-0.3, -0.25) is 0 Å². The second-order valence-electron chi connectivity index (χ2n) is 7.60. The van der Waals surface area contributed by atoms with Crippen LogP contribution in [0.1, 0.15) is 11.1 Å². The number of alkyl halides is 2. The first-order valence-electron chi connectivity index (χ1n) is 10.1. The van der Waals surface area contributed by atoms with Crippen LogP contribution in [0.2, 0.25) is 0 Å². The maximum Gasteiger partial charge on any atom is 0.432 e. The zero-order valence-electron chi connectivity index (χ0n) is 18.0. The van der Waals surface area contributed by atoms with Crippen molar-refractivity contribution in [3.05, 3.63) is 113 Å². The average molecular weight is 523 g/mol. The standard InChI is InChI=1S/C26H10F9NO/c27-17-4-2-1-3-15(17)12-5-20(30)24(21(31)6-12)13-7-22(32)25(23(33)8-13)26(34,35)37-14-9-18(28)16(11-36)19(29)10-14/h1-10H. The third kappa shape index (κ3) is 4.82. The minimum atomic E-state index is -4.84. The van der Waals surface area contributed by atoms with Gasteiger partial charge in [-0.2, -0.15) is 14.0 Å². The van der Waals surface area contributed by atoms with Gasteiger partial charge in [-0.1, -0.05) is 18.2 Å². The summed E-state index contributed by atoms with van der Waals surface area (Å²) in [5, 5.41) is 8.63. The second kappa shape index (κ2) is 9.54. The van der Waals surface area contributed by atoms with Crippen molar-refractivity contribution in [2.45, 2.75) is 6.11 Å². The van der Waals surface area contributed by atoms with E-state index in [0.717, 1.165) is 12.1 Å². The van der Waals surface area contributed by atoms with Crippen LogP contribution in [0.5, 0.6) is 5.75 Å². The van der Waals surface area contributed by atoms with Gasteiger partial charge in [0.1, 0.15) is 63.7 Å². The summed E-state index contributed by atoms with van der Waals surface area (Å²) in [6.45, 7) is 0. The molecule has 0 amide bonds. The largest absolute Gasteiger partial charge is 0.432 e. The van der Waals surface area contributed by atoms with Gasteiger partial charge < -0.3 is 4.74 Å². The Balaban J connectivity index is 1.73. The van der Waals surface area contributed by atoms with Gasteiger partial charge in [-0.15, -0.1) is 0 Å². The molecule has 2 nitrogen and oxygen atoms in total. The lowest BCUT2D eigenvalue weighted by Crippen LogP contribution is -2.25. The molecule has 0 saturated heterocycles. The highest BCUT2D eigenvalue weighted by molar-refractivity contribution is 5.72. The molecular formula is C26H10F9NO. The third-order valence-electron chi connectivity index (χ3n) is 5.22. The maximum atomic E-state index is 14.8. The average Bonchev–Trinajstić information content (AvgIpc) is 2.77. The van der Waals surface area contributed by atoms with Crippen LogP contribution in [-0.4, -0.2) is 0 Å². The highest BCUT2D eigenvalue weighted by Gasteiger charge is 2.42. The van der Waals surface area contributed by atoms with Crippen molar-refractivity contribution in [3.8, 4) is 34.1 Å². The molecule has 11 heteroatoms. The van der Waals surface area contributed by atoms with Crippen LogP contribution in [0.4, 0.5) is 39.5 Å². The minimum absolute atomic E-state index is 0.160. The summed E-state index contributed by atoms with van der Waals surface area (Å²) in [6, 6.07) is 8.44. The van der Waals surface area contributed by atoms with E-state index in [9.17, 15) is 39.5 Å². The molecule has 0 N–H and O–H groups in total. The summed E-state index contributed by atoms with van der Waals surface area (Å²) in [5.74, 6) is -11.8. The molecule has 0 fully saturated rings. The quantitative estimate of drug-likeness (QED) is 0.249. The van der Waals surface area contributed by atoms with E-state index in [1.807, 2.05) is 0 Å². The Labute approximate surface area is 202 Å². The van der Waals surface area contributed by atoms with Gasteiger partial charge in [0.2, 0.25) is 0 Å². The van der Waals surface area contributed by atoms with Crippen LogP contribution in [0.25, 0.3) is 22.3 Å². The fourth-order valence-electron chi connectivity index (χ4n) is 3.61. The Morgan fingerprint density at radius 2 is 1.14 bits per heavy atom. The lowest BCUT2D eigenvalue weighted by molar-refractivity contribution is -0.189. The van der Waals surface area contributed by atoms with Gasteiger partial charge >= 0.3 is 6.11 Å². The van der Waals surface area contributed by atoms with Gasteiger partial charge in [0.15, 0.2) is 0 Å². The molecule has 4 rings (SSSR count). The van der Waals surface area contributed by atoms with E-state index in [1.54, 1.807) is 0 Å². The van der Waals surface area contributed by atoms with E-state index in [-0.39, 0.29) is 35.4 Å². The topological polar surface area (TPSA) is 33.0 Å². The highest BCUT2D eigenvalue weighted by atomic mass is 19.3. The molecule has 0 spiro atoms. The monoisotopic (exact) mass is 523 g/mol. The molecule has 0 radical (unpaired) electrons. The van der Waals surface area contributed by atoms with Crippen molar-refractivity contribution in [3.63, 3.8) is 0 Å². The molecule has 4 aromatic rings. The van der Waals surface area contributed by atoms with Crippen molar-refractivity contribution in [2.24, 2.45) is 0 Å². The summed E-state index contributed by atoms with van der Waals surface area (Å²) < 4.78 is 133. The summed E-state index contributed by atoms with van der Waals surface area (Å²) in [6.07, 6.45) is -4.84. The molecule has 4 aromatic carbocycles. The lowest BCUT2D eigenvalue weighted by atomic mass is 9.97. The molecule has 0 aliphatic rings. The zero-order valence-corrected chi connectivity index (χ0v) is 18.0. The number of hydrogen-bond donors (Lipinski definition) is 0. The van der Waals surface area contributed by atoms with E-state index in [4.69, 9.17) is 5.26 Å². The first-order chi connectivity index (χ1) is 17.4. The lowest BCUT2D eigenvalue weighted by Gasteiger charge is -2.20. The zero-order chi connectivity index (χ0) is 27.1. The summed E-state index contributed by atoms with van der Waals surface area (Å²) in [5.41, 5.74) is -5.28. The van der Waals surface area contributed by atoms with E-state index in [1.165, 1.54) is 18.2 Å². The van der Waals surface area contributed by atoms with Crippen LogP contribution >= 0.6 is 0 Å². The molecule has 37 heavy (non-hydrogen) atoms. The van der Waals surface area contributed by atoms with E-state index in [0.29, 0.717) is 12.1 Å². The van der Waals surface area contributed by atoms with Gasteiger partial charge in [0.05, 0.1) is 5.56 Å². The predicted octanol–water partition coefficient (Wildman–Crippen LogP) is 7.99. The molecule has 0 heterocycles. The van der Waals surface area contributed by atoms with Gasteiger partial charge in [0.25, 0.3) is 0 Å². The van der Waals surface area contributed by atoms with Gasteiger partial charge in [0, 0.05) is 17.7 Å². The SMILES string of the molecule is N#Cc1c(F)cc(OC(F)(F)c2c(F)cc(-c3c(F)cc(-c4ccccc4F)cc3F)cc2F)cc1F. The number of ether oxygens (including phenoxy) is 1. The third-order valence-corrected chi connectivity index (χ3v) is 5.22. The molecular weight excluding hydrogens is 513 g/mol. The molecule has 0 saturated carbocycles. The smallest absolute Gasteiger partial charge is 0.429 e. The van der Waals surface area contributed by atoms with E-state index < -0.39 is 74.8 Å². The molecule has 0 aliphatic heterocycles. The Morgan fingerprint density at radius 3 is 1.65 bits per heavy atom. The van der Waals surface area contributed by atoms with Gasteiger partial charge in [-0.25, -0.2) is 30.7 Å². The number of rotatable bonds is 5. The summed E-state index contributed by atoms with van der Waals surface area (Å²) in [7, 11) is 0. The molecule has 0 unspecified atom stereocenters. The van der Waals surface area contributed by atoms with Crippen LogP contribution < -0.4 is 4.74 Å². The fraction of sp³-hybridized carbons (Fsp3) is 0.0385. The van der Waals surface area contributed by atoms with Gasteiger partial charge in [-0.05, 0) is 41.5 Å². The van der Waals surface area contributed by atoms with E-state index in [2.05, 4.69) is 4.74 Å². The number of hydrogen-bond acceptors (Lipinski definition) is 2. The fourth-order valence-corrected chi connectivity index (χ4v) is 3.61. The van der Waals surface area contributed by atoms with E-state index >= 15 is 0 Å². The van der Waals surface area contributed by atoms with Crippen molar-refractivity contribution < 1.29 is 44.3 Å². The first kappa shape index (κ1) is 25.6. The Kier molecular flexibility index (Phi) is 6.61. The molecule has 0 atom stereocenters. The predicted molar refractivity (Wildman–Crippen MR) is 113 cm³/mol. The van der Waals surface area contributed by atoms with Crippen LogP contribution in [0, 0.1) is 52.1 Å². The number of nitrogens with zero attached hydrogens (tertiary/aromatic N) is 1. The number of benzene rings is 4. The summed E-state index contributed by atoms with van der Waals surface area (Å²) >= 11 is 0. The molecule has 0 aliphatic carbocycles. The number of nitriles is 1. The Hall–Kier alpha value is -4.46. The first-order valence-corrected chi connectivity index (χ1v) is 10.1. The highest BCUT2D eigenvalue weighted by Crippen LogP contribution is 2.39. The van der Waals surface area contributed by atoms with Crippen molar-refractivity contribution >= 4 is 0 Å². The molecule has 188 valence electrons. The van der Waals surface area contributed by atoms with Crippen LogP contribution in [-0.2, 0) is 6.11 Å². The maximum absolute atomic E-state index is 14.8. The van der Waals surface area contributed by atoms with Crippen LogP contribution in [0.15, 0.2) is 60.7 Å². The van der Waals surface area contributed by atoms with Crippen molar-refractivity contribution in [1.82, 2.24) is 0 Å². The molecule has 0 bridgehead atoms. The number of halogens is 9. The Bertz CT molecular complexity index is 1510. The van der Waals surface area contributed by atoms with Crippen LogP contribution in [0.3, 0.4) is 0 Å². The van der Waals surface area contributed by atoms with Crippen molar-refractivity contribution in [2.75, 3.05) is 0 Å². The minimum Gasteiger partial charge on any atom is -0.429 e. The second-order valence-corrected chi connectivity index (χ2v) is 7.60. The van der Waals surface area contributed by atoms with Crippen molar-refractivity contribution in [1.29, 1.82) is 5.26 Å². The Morgan fingerprint density at radius 1 is 0.622 bits per heavy atom.